The van der Waals surface area contributed by atoms with E-state index in [1.807, 2.05) is 0 Å². The van der Waals surface area contributed by atoms with Crippen LogP contribution in [-0.4, -0.2) is 11.3 Å². The molecule has 0 spiro atoms. The smallest absolute Gasteiger partial charge is 0.200 e. The number of hydrogen-bond acceptors (Lipinski definition) is 2. The number of aliphatic imine (C=N–C) groups is 1. The van der Waals surface area contributed by atoms with Crippen LogP contribution >= 0.6 is 0 Å². The van der Waals surface area contributed by atoms with Crippen molar-refractivity contribution in [3.63, 3.8) is 0 Å². The number of nitrogens with zero attached hydrogens (tertiary/aromatic N) is 1. The summed E-state index contributed by atoms with van der Waals surface area (Å²) in [7, 11) is 0. The number of phenols is 1. The van der Waals surface area contributed by atoms with Gasteiger partial charge in [-0.25, -0.2) is 26.9 Å². The highest BCUT2D eigenvalue weighted by Gasteiger charge is 2.25. The van der Waals surface area contributed by atoms with E-state index in [1.165, 1.54) is 6.07 Å². The number of fused-ring (bicyclic) bond motifs is 1. The molecule has 0 aliphatic heterocycles. The Kier molecular flexibility index (Phi) is 3.92. The molecule has 0 amide bonds. The first kappa shape index (κ1) is 15.9. The van der Waals surface area contributed by atoms with Crippen molar-refractivity contribution in [2.24, 2.45) is 4.99 Å². The predicted molar refractivity (Wildman–Crippen MR) is 79.1 cm³/mol. The van der Waals surface area contributed by atoms with E-state index in [2.05, 4.69) is 4.99 Å². The molecule has 0 aliphatic rings. The number of benzene rings is 3. The maximum atomic E-state index is 13.6. The lowest BCUT2D eigenvalue weighted by molar-refractivity contribution is 0.381. The van der Waals surface area contributed by atoms with E-state index in [-0.39, 0.29) is 11.3 Å². The van der Waals surface area contributed by atoms with E-state index in [0.29, 0.717) is 10.8 Å². The van der Waals surface area contributed by atoms with E-state index in [1.54, 1.807) is 30.3 Å². The Balaban J connectivity index is 2.19. The van der Waals surface area contributed by atoms with Gasteiger partial charge >= 0.3 is 0 Å². The van der Waals surface area contributed by atoms with Gasteiger partial charge in [0, 0.05) is 11.8 Å². The van der Waals surface area contributed by atoms with Gasteiger partial charge in [-0.3, -0.25) is 0 Å². The van der Waals surface area contributed by atoms with E-state index in [9.17, 15) is 27.1 Å². The van der Waals surface area contributed by atoms with Crippen molar-refractivity contribution in [1.29, 1.82) is 0 Å². The summed E-state index contributed by atoms with van der Waals surface area (Å²) in [6.45, 7) is 0. The third-order valence-electron chi connectivity index (χ3n) is 3.46. The summed E-state index contributed by atoms with van der Waals surface area (Å²) >= 11 is 0. The molecule has 1 N–H and O–H groups in total. The molecule has 0 aromatic heterocycles. The van der Waals surface area contributed by atoms with Gasteiger partial charge in [-0.2, -0.15) is 0 Å². The van der Waals surface area contributed by atoms with Gasteiger partial charge in [-0.15, -0.1) is 0 Å². The Morgan fingerprint density at radius 3 is 2.00 bits per heavy atom. The summed E-state index contributed by atoms with van der Waals surface area (Å²) in [4.78, 5) is 3.37. The van der Waals surface area contributed by atoms with Crippen LogP contribution in [0.3, 0.4) is 0 Å². The zero-order valence-corrected chi connectivity index (χ0v) is 11.8. The molecule has 24 heavy (non-hydrogen) atoms. The third kappa shape index (κ3) is 2.47. The van der Waals surface area contributed by atoms with Crippen molar-refractivity contribution < 1.29 is 27.1 Å². The van der Waals surface area contributed by atoms with Gasteiger partial charge < -0.3 is 5.11 Å². The average Bonchev–Trinajstić information content (AvgIpc) is 2.59. The maximum Gasteiger partial charge on any atom is 0.200 e. The molecule has 2 nitrogen and oxygen atoms in total. The van der Waals surface area contributed by atoms with Crippen LogP contribution in [0.2, 0.25) is 0 Å². The largest absolute Gasteiger partial charge is 0.507 e. The molecule has 0 saturated heterocycles. The zero-order chi connectivity index (χ0) is 17.4. The normalized spacial score (nSPS) is 11.5. The molecular weight excluding hydrogens is 329 g/mol. The summed E-state index contributed by atoms with van der Waals surface area (Å²) < 4.78 is 66.6. The number of aromatic hydroxyl groups is 1. The van der Waals surface area contributed by atoms with Gasteiger partial charge in [0.15, 0.2) is 23.3 Å². The molecule has 0 saturated carbocycles. The van der Waals surface area contributed by atoms with Gasteiger partial charge in [-0.05, 0) is 16.8 Å². The molecule has 0 radical (unpaired) electrons. The molecule has 3 rings (SSSR count). The molecule has 7 heteroatoms. The average molecular weight is 337 g/mol. The van der Waals surface area contributed by atoms with Crippen molar-refractivity contribution in [3.8, 4) is 5.75 Å². The topological polar surface area (TPSA) is 32.6 Å². The lowest BCUT2D eigenvalue weighted by Gasteiger charge is -2.06. The Hall–Kier alpha value is -2.96. The second-order valence-electron chi connectivity index (χ2n) is 4.90. The number of rotatable bonds is 2. The van der Waals surface area contributed by atoms with Crippen LogP contribution < -0.4 is 0 Å². The van der Waals surface area contributed by atoms with Crippen LogP contribution in [0.4, 0.5) is 27.6 Å². The lowest BCUT2D eigenvalue weighted by Crippen LogP contribution is -2.01. The zero-order valence-electron chi connectivity index (χ0n) is 11.8. The first-order chi connectivity index (χ1) is 11.4. The van der Waals surface area contributed by atoms with Gasteiger partial charge in [0.05, 0.1) is 0 Å². The molecule has 0 unspecified atom stereocenters. The molecule has 0 heterocycles. The lowest BCUT2D eigenvalue weighted by atomic mass is 10.0. The summed E-state index contributed by atoms with van der Waals surface area (Å²) in [5, 5.41) is 11.1. The molecule has 3 aromatic carbocycles. The molecular formula is C17H8F5NO. The highest BCUT2D eigenvalue weighted by Crippen LogP contribution is 2.31. The Bertz CT molecular complexity index is 955. The molecule has 3 aromatic rings. The van der Waals surface area contributed by atoms with Crippen LogP contribution in [0.5, 0.6) is 5.75 Å². The second kappa shape index (κ2) is 5.92. The summed E-state index contributed by atoms with van der Waals surface area (Å²) in [5.74, 6) is -10.7. The van der Waals surface area contributed by atoms with Crippen molar-refractivity contribution >= 4 is 22.7 Å². The number of phenolic OH excluding ortho intramolecular Hbond substituents is 1. The minimum atomic E-state index is -2.25. The minimum absolute atomic E-state index is 0.0945. The van der Waals surface area contributed by atoms with E-state index < -0.39 is 34.8 Å². The monoisotopic (exact) mass is 337 g/mol. The fourth-order valence-corrected chi connectivity index (χ4v) is 2.26. The fourth-order valence-electron chi connectivity index (χ4n) is 2.26. The molecule has 0 atom stereocenters. The molecule has 0 fully saturated rings. The van der Waals surface area contributed by atoms with Crippen molar-refractivity contribution in [2.45, 2.75) is 0 Å². The Morgan fingerprint density at radius 1 is 0.750 bits per heavy atom. The standard InChI is InChI=1S/C17H8F5NO/c18-12-13(19)15(21)17(16(22)14(12)20)23-7-10-9-4-2-1-3-8(9)5-6-11(10)24/h1-7,24H. The van der Waals surface area contributed by atoms with Gasteiger partial charge in [0.1, 0.15) is 11.4 Å². The maximum absolute atomic E-state index is 13.6. The SMILES string of the molecule is Oc1ccc2ccccc2c1C=Nc1c(F)c(F)c(F)c(F)c1F. The number of halogens is 5. The van der Waals surface area contributed by atoms with Crippen LogP contribution in [0, 0.1) is 29.1 Å². The van der Waals surface area contributed by atoms with Crippen LogP contribution in [0.25, 0.3) is 10.8 Å². The van der Waals surface area contributed by atoms with Crippen LogP contribution in [0.1, 0.15) is 5.56 Å². The first-order valence-corrected chi connectivity index (χ1v) is 6.68. The van der Waals surface area contributed by atoms with E-state index >= 15 is 0 Å². The Morgan fingerprint density at radius 2 is 1.33 bits per heavy atom. The first-order valence-electron chi connectivity index (χ1n) is 6.68. The molecule has 122 valence electrons. The molecule has 0 aliphatic carbocycles. The van der Waals surface area contributed by atoms with Gasteiger partial charge in [-0.1, -0.05) is 30.3 Å². The van der Waals surface area contributed by atoms with Crippen LogP contribution in [0.15, 0.2) is 41.4 Å². The van der Waals surface area contributed by atoms with Gasteiger partial charge in [0.25, 0.3) is 0 Å². The highest BCUT2D eigenvalue weighted by atomic mass is 19.2. The van der Waals surface area contributed by atoms with Crippen molar-refractivity contribution in [2.75, 3.05) is 0 Å². The predicted octanol–water partition coefficient (Wildman–Crippen LogP) is 4.99. The molecule has 0 bridgehead atoms. The highest BCUT2D eigenvalue weighted by molar-refractivity contribution is 6.03. The van der Waals surface area contributed by atoms with Crippen molar-refractivity contribution in [3.05, 3.63) is 71.0 Å². The summed E-state index contributed by atoms with van der Waals surface area (Å²) in [6.07, 6.45) is 0.857. The van der Waals surface area contributed by atoms with Gasteiger partial charge in [0.2, 0.25) is 5.82 Å². The van der Waals surface area contributed by atoms with E-state index in [4.69, 9.17) is 0 Å². The fraction of sp³-hybridized carbons (Fsp3) is 0. The summed E-state index contributed by atoms with van der Waals surface area (Å²) in [5.41, 5.74) is -1.23. The van der Waals surface area contributed by atoms with Crippen LogP contribution in [-0.2, 0) is 0 Å². The van der Waals surface area contributed by atoms with E-state index in [0.717, 1.165) is 6.21 Å². The number of hydrogen-bond donors (Lipinski definition) is 1. The quantitative estimate of drug-likeness (QED) is 0.304. The van der Waals surface area contributed by atoms with Crippen molar-refractivity contribution in [1.82, 2.24) is 0 Å². The second-order valence-corrected chi connectivity index (χ2v) is 4.90. The minimum Gasteiger partial charge on any atom is -0.507 e. The summed E-state index contributed by atoms with van der Waals surface area (Å²) in [6, 6.07) is 9.70. The third-order valence-corrected chi connectivity index (χ3v) is 3.46. The Labute approximate surface area is 132 Å².